The molecule has 0 aliphatic carbocycles. The number of anilines is 1. The average molecular weight is 387 g/mol. The summed E-state index contributed by atoms with van der Waals surface area (Å²) in [7, 11) is 3.19. The zero-order valence-electron chi connectivity index (χ0n) is 16.0. The van der Waals surface area contributed by atoms with Crippen molar-refractivity contribution in [2.24, 2.45) is 7.05 Å². The van der Waals surface area contributed by atoms with Gasteiger partial charge in [0.15, 0.2) is 5.69 Å². The molecule has 0 saturated carbocycles. The molecule has 4 rings (SSSR count). The summed E-state index contributed by atoms with van der Waals surface area (Å²) in [4.78, 5) is 16.9. The summed E-state index contributed by atoms with van der Waals surface area (Å²) in [6.45, 7) is 1.70. The van der Waals surface area contributed by atoms with Gasteiger partial charge in [-0.25, -0.2) is 4.98 Å². The highest BCUT2D eigenvalue weighted by atomic mass is 16.5. The smallest absolute Gasteiger partial charge is 0.274 e. The first-order valence-electron chi connectivity index (χ1n) is 8.75. The van der Waals surface area contributed by atoms with Crippen molar-refractivity contribution >= 4 is 22.5 Å². The predicted octanol–water partition coefficient (Wildman–Crippen LogP) is 2.80. The van der Waals surface area contributed by atoms with Crippen molar-refractivity contribution in [2.75, 3.05) is 12.4 Å². The van der Waals surface area contributed by atoms with Gasteiger partial charge in [0, 0.05) is 41.5 Å². The molecule has 9 nitrogen and oxygen atoms in total. The number of aryl methyl sites for hydroxylation is 1. The molecule has 29 heavy (non-hydrogen) atoms. The zero-order valence-corrected chi connectivity index (χ0v) is 16.0. The first-order valence-corrected chi connectivity index (χ1v) is 8.75. The van der Waals surface area contributed by atoms with Gasteiger partial charge >= 0.3 is 0 Å². The van der Waals surface area contributed by atoms with Gasteiger partial charge in [0.2, 0.25) is 5.88 Å². The van der Waals surface area contributed by atoms with E-state index in [1.54, 1.807) is 39.4 Å². The lowest BCUT2D eigenvalue weighted by atomic mass is 10.1. The lowest BCUT2D eigenvalue weighted by molar-refractivity contribution is 0.101. The third-order valence-corrected chi connectivity index (χ3v) is 4.64. The molecular weight excluding hydrogens is 370 g/mol. The van der Waals surface area contributed by atoms with Crippen molar-refractivity contribution in [1.29, 1.82) is 5.26 Å². The van der Waals surface area contributed by atoms with Crippen LogP contribution in [0, 0.1) is 18.3 Å². The summed E-state index contributed by atoms with van der Waals surface area (Å²) < 4.78 is 6.60. The van der Waals surface area contributed by atoms with Crippen LogP contribution in [0.3, 0.4) is 0 Å². The number of amides is 1. The predicted molar refractivity (Wildman–Crippen MR) is 106 cm³/mol. The van der Waals surface area contributed by atoms with Gasteiger partial charge in [0.05, 0.1) is 12.6 Å². The van der Waals surface area contributed by atoms with E-state index < -0.39 is 0 Å². The zero-order chi connectivity index (χ0) is 20.5. The minimum atomic E-state index is -0.339. The standard InChI is InChI=1S/C20H17N7O2/c1-11-16(10-21)26-27(2)19(11)20(28)23-13-4-5-15-14(9-13)18(25-24-15)12-6-7-22-17(8-12)29-3/h4-9H,1-3H3,(H,23,28)(H,24,25). The van der Waals surface area contributed by atoms with Crippen LogP contribution in [0.5, 0.6) is 5.88 Å². The second kappa shape index (κ2) is 7.09. The van der Waals surface area contributed by atoms with E-state index in [4.69, 9.17) is 10.00 Å². The van der Waals surface area contributed by atoms with Crippen LogP contribution in [0.15, 0.2) is 36.5 Å². The Morgan fingerprint density at radius 1 is 1.31 bits per heavy atom. The van der Waals surface area contributed by atoms with Crippen LogP contribution >= 0.6 is 0 Å². The van der Waals surface area contributed by atoms with E-state index >= 15 is 0 Å². The number of carbonyl (C=O) groups excluding carboxylic acids is 1. The van der Waals surface area contributed by atoms with E-state index in [1.807, 2.05) is 24.3 Å². The van der Waals surface area contributed by atoms with Gasteiger partial charge in [0.25, 0.3) is 5.91 Å². The van der Waals surface area contributed by atoms with Crippen molar-refractivity contribution < 1.29 is 9.53 Å². The number of aromatic amines is 1. The number of nitrogens with zero attached hydrogens (tertiary/aromatic N) is 5. The molecule has 2 N–H and O–H groups in total. The number of methoxy groups -OCH3 is 1. The SMILES string of the molecule is COc1cc(-c2n[nH]c3ccc(NC(=O)c4c(C)c(C#N)nn4C)cc23)ccn1. The first kappa shape index (κ1) is 18.2. The Bertz CT molecular complexity index is 1280. The van der Waals surface area contributed by atoms with E-state index in [9.17, 15) is 4.79 Å². The fourth-order valence-corrected chi connectivity index (χ4v) is 3.22. The number of hydrogen-bond acceptors (Lipinski definition) is 6. The number of nitriles is 1. The Hall–Kier alpha value is -4.19. The van der Waals surface area contributed by atoms with Crippen LogP contribution in [-0.4, -0.2) is 38.0 Å². The van der Waals surface area contributed by atoms with Gasteiger partial charge in [-0.15, -0.1) is 0 Å². The quantitative estimate of drug-likeness (QED) is 0.555. The molecule has 0 radical (unpaired) electrons. The minimum Gasteiger partial charge on any atom is -0.481 e. The number of H-pyrrole nitrogens is 1. The lowest BCUT2D eigenvalue weighted by Gasteiger charge is -2.07. The molecule has 0 aliphatic heterocycles. The average Bonchev–Trinajstić information content (AvgIpc) is 3.27. The molecule has 9 heteroatoms. The van der Waals surface area contributed by atoms with Crippen LogP contribution in [0.2, 0.25) is 0 Å². The number of carbonyl (C=O) groups is 1. The van der Waals surface area contributed by atoms with Crippen LogP contribution < -0.4 is 10.1 Å². The van der Waals surface area contributed by atoms with Gasteiger partial charge < -0.3 is 10.1 Å². The fourth-order valence-electron chi connectivity index (χ4n) is 3.22. The Balaban J connectivity index is 1.70. The van der Waals surface area contributed by atoms with E-state index in [2.05, 4.69) is 25.6 Å². The number of fused-ring (bicyclic) bond motifs is 1. The largest absolute Gasteiger partial charge is 0.481 e. The van der Waals surface area contributed by atoms with Crippen molar-refractivity contribution in [3.8, 4) is 23.2 Å². The summed E-state index contributed by atoms with van der Waals surface area (Å²) in [5.41, 5.74) is 4.11. The summed E-state index contributed by atoms with van der Waals surface area (Å²) >= 11 is 0. The maximum atomic E-state index is 12.8. The number of pyridine rings is 1. The molecule has 0 atom stereocenters. The molecule has 0 unspecified atom stereocenters. The Labute approximate surface area is 165 Å². The highest BCUT2D eigenvalue weighted by Crippen LogP contribution is 2.30. The Morgan fingerprint density at radius 3 is 2.86 bits per heavy atom. The molecule has 0 saturated heterocycles. The Kier molecular flexibility index (Phi) is 4.44. The molecule has 0 spiro atoms. The summed E-state index contributed by atoms with van der Waals surface area (Å²) in [6.07, 6.45) is 1.65. The maximum absolute atomic E-state index is 12.8. The van der Waals surface area contributed by atoms with Gasteiger partial charge in [0.1, 0.15) is 17.5 Å². The molecule has 3 aromatic heterocycles. The van der Waals surface area contributed by atoms with E-state index in [-0.39, 0.29) is 11.6 Å². The second-order valence-electron chi connectivity index (χ2n) is 6.43. The number of ether oxygens (including phenoxy) is 1. The third kappa shape index (κ3) is 3.17. The minimum absolute atomic E-state index is 0.233. The second-order valence-corrected chi connectivity index (χ2v) is 6.43. The molecule has 0 bridgehead atoms. The normalized spacial score (nSPS) is 10.7. The number of nitrogens with one attached hydrogen (secondary N) is 2. The molecule has 1 aromatic carbocycles. The van der Waals surface area contributed by atoms with Crippen LogP contribution in [0.4, 0.5) is 5.69 Å². The van der Waals surface area contributed by atoms with Gasteiger partial charge in [-0.2, -0.15) is 15.5 Å². The van der Waals surface area contributed by atoms with Gasteiger partial charge in [-0.3, -0.25) is 14.6 Å². The molecule has 1 amide bonds. The molecular formula is C20H17N7O2. The monoisotopic (exact) mass is 387 g/mol. The first-order chi connectivity index (χ1) is 14.0. The number of benzene rings is 1. The molecule has 0 fully saturated rings. The summed E-state index contributed by atoms with van der Waals surface area (Å²) in [5, 5.41) is 24.3. The van der Waals surface area contributed by atoms with Gasteiger partial charge in [-0.05, 0) is 31.2 Å². The van der Waals surface area contributed by atoms with Crippen molar-refractivity contribution in [1.82, 2.24) is 25.0 Å². The van der Waals surface area contributed by atoms with Gasteiger partial charge in [-0.1, -0.05) is 0 Å². The van der Waals surface area contributed by atoms with E-state index in [1.165, 1.54) is 4.68 Å². The molecule has 144 valence electrons. The number of rotatable bonds is 4. The molecule has 4 aromatic rings. The molecule has 0 aliphatic rings. The maximum Gasteiger partial charge on any atom is 0.274 e. The third-order valence-electron chi connectivity index (χ3n) is 4.64. The highest BCUT2D eigenvalue weighted by Gasteiger charge is 2.19. The topological polar surface area (TPSA) is 122 Å². The van der Waals surface area contributed by atoms with E-state index in [0.29, 0.717) is 22.8 Å². The summed E-state index contributed by atoms with van der Waals surface area (Å²) in [5.74, 6) is 0.150. The van der Waals surface area contributed by atoms with Crippen molar-refractivity contribution in [2.45, 2.75) is 6.92 Å². The summed E-state index contributed by atoms with van der Waals surface area (Å²) in [6, 6.07) is 11.1. The van der Waals surface area contributed by atoms with Crippen LogP contribution in [0.25, 0.3) is 22.2 Å². The number of hydrogen-bond donors (Lipinski definition) is 2. The van der Waals surface area contributed by atoms with Crippen LogP contribution in [0.1, 0.15) is 21.7 Å². The van der Waals surface area contributed by atoms with E-state index in [0.717, 1.165) is 22.2 Å². The number of aromatic nitrogens is 5. The molecule has 3 heterocycles. The Morgan fingerprint density at radius 2 is 2.14 bits per heavy atom. The van der Waals surface area contributed by atoms with Crippen LogP contribution in [-0.2, 0) is 7.05 Å². The van der Waals surface area contributed by atoms with Crippen molar-refractivity contribution in [3.05, 3.63) is 53.5 Å². The fraction of sp³-hybridized carbons (Fsp3) is 0.150. The highest BCUT2D eigenvalue weighted by molar-refractivity contribution is 6.06. The lowest BCUT2D eigenvalue weighted by Crippen LogP contribution is -2.17. The van der Waals surface area contributed by atoms with Crippen molar-refractivity contribution in [3.63, 3.8) is 0 Å².